The zero-order valence-corrected chi connectivity index (χ0v) is 14.7. The number of hydrogen-bond donors (Lipinski definition) is 2. The van der Waals surface area contributed by atoms with Gasteiger partial charge in [-0.1, -0.05) is 17.3 Å². The number of benzene rings is 1. The van der Waals surface area contributed by atoms with Crippen LogP contribution < -0.4 is 10.1 Å². The monoisotopic (exact) mass is 367 g/mol. The SMILES string of the molecule is COc1ccc([C@@H]2CC(=O)Nc3c(C(=O)O)cn(-c4cc(C)on4)c32)cc1. The third kappa shape index (κ3) is 2.84. The molecule has 2 N–H and O–H groups in total. The van der Waals surface area contributed by atoms with Gasteiger partial charge in [-0.05, 0) is 24.6 Å². The predicted molar refractivity (Wildman–Crippen MR) is 95.6 cm³/mol. The van der Waals surface area contributed by atoms with E-state index in [1.54, 1.807) is 24.7 Å². The van der Waals surface area contributed by atoms with E-state index in [2.05, 4.69) is 10.5 Å². The van der Waals surface area contributed by atoms with Gasteiger partial charge in [-0.3, -0.25) is 9.36 Å². The molecule has 4 rings (SSSR count). The number of fused-ring (bicyclic) bond motifs is 1. The van der Waals surface area contributed by atoms with Crippen molar-refractivity contribution in [3.63, 3.8) is 0 Å². The number of methoxy groups -OCH3 is 1. The number of rotatable bonds is 4. The lowest BCUT2D eigenvalue weighted by Crippen LogP contribution is -2.25. The van der Waals surface area contributed by atoms with Crippen molar-refractivity contribution in [2.75, 3.05) is 12.4 Å². The molecule has 2 aromatic heterocycles. The molecule has 138 valence electrons. The quantitative estimate of drug-likeness (QED) is 0.734. The molecule has 1 aliphatic heterocycles. The molecule has 8 heteroatoms. The second-order valence-corrected chi connectivity index (χ2v) is 6.35. The average molecular weight is 367 g/mol. The molecular formula is C19H17N3O5. The Kier molecular flexibility index (Phi) is 3.95. The molecule has 0 fully saturated rings. The molecule has 0 radical (unpaired) electrons. The van der Waals surface area contributed by atoms with Crippen molar-refractivity contribution in [1.82, 2.24) is 9.72 Å². The maximum Gasteiger partial charge on any atom is 0.339 e. The van der Waals surface area contributed by atoms with Gasteiger partial charge < -0.3 is 19.7 Å². The van der Waals surface area contributed by atoms with Crippen LogP contribution in [0.25, 0.3) is 5.82 Å². The highest BCUT2D eigenvalue weighted by Gasteiger charge is 2.35. The molecule has 1 atom stereocenters. The number of aryl methyl sites for hydroxylation is 1. The third-order valence-electron chi connectivity index (χ3n) is 4.64. The Labute approximate surface area is 154 Å². The lowest BCUT2D eigenvalue weighted by atomic mass is 9.88. The summed E-state index contributed by atoms with van der Waals surface area (Å²) in [4.78, 5) is 24.0. The third-order valence-corrected chi connectivity index (χ3v) is 4.64. The minimum atomic E-state index is -1.12. The molecular weight excluding hydrogens is 350 g/mol. The second kappa shape index (κ2) is 6.31. The van der Waals surface area contributed by atoms with E-state index < -0.39 is 5.97 Å². The van der Waals surface area contributed by atoms with Gasteiger partial charge in [0.2, 0.25) is 5.91 Å². The second-order valence-electron chi connectivity index (χ2n) is 6.35. The summed E-state index contributed by atoms with van der Waals surface area (Å²) in [6, 6.07) is 9.09. The fourth-order valence-corrected chi connectivity index (χ4v) is 3.40. The van der Waals surface area contributed by atoms with Crippen LogP contribution in [0.2, 0.25) is 0 Å². The number of hydrogen-bond acceptors (Lipinski definition) is 5. The van der Waals surface area contributed by atoms with E-state index in [1.165, 1.54) is 6.20 Å². The van der Waals surface area contributed by atoms with Gasteiger partial charge >= 0.3 is 5.97 Å². The summed E-state index contributed by atoms with van der Waals surface area (Å²) in [6.07, 6.45) is 1.66. The maximum absolute atomic E-state index is 12.3. The van der Waals surface area contributed by atoms with E-state index in [-0.39, 0.29) is 23.8 Å². The number of amides is 1. The van der Waals surface area contributed by atoms with E-state index in [9.17, 15) is 14.7 Å². The van der Waals surface area contributed by atoms with Gasteiger partial charge in [-0.15, -0.1) is 0 Å². The first-order valence-corrected chi connectivity index (χ1v) is 8.34. The number of aromatic nitrogens is 2. The van der Waals surface area contributed by atoms with E-state index in [4.69, 9.17) is 9.26 Å². The van der Waals surface area contributed by atoms with Gasteiger partial charge in [0.1, 0.15) is 17.1 Å². The number of ether oxygens (including phenoxy) is 1. The largest absolute Gasteiger partial charge is 0.497 e. The molecule has 1 aromatic carbocycles. The van der Waals surface area contributed by atoms with Crippen LogP contribution in [0.1, 0.15) is 39.7 Å². The number of carboxylic acids is 1. The number of nitrogens with one attached hydrogen (secondary N) is 1. The van der Waals surface area contributed by atoms with Crippen LogP contribution in [-0.2, 0) is 4.79 Å². The van der Waals surface area contributed by atoms with Gasteiger partial charge in [-0.25, -0.2) is 4.79 Å². The Balaban J connectivity index is 1.92. The van der Waals surface area contributed by atoms with Crippen LogP contribution in [0.5, 0.6) is 5.75 Å². The average Bonchev–Trinajstić information content (AvgIpc) is 3.24. The molecule has 0 spiro atoms. The Morgan fingerprint density at radius 3 is 2.70 bits per heavy atom. The molecule has 0 aliphatic carbocycles. The first-order valence-electron chi connectivity index (χ1n) is 8.34. The predicted octanol–water partition coefficient (Wildman–Crippen LogP) is 2.95. The summed E-state index contributed by atoms with van der Waals surface area (Å²) in [5.41, 5.74) is 1.84. The van der Waals surface area contributed by atoms with Crippen molar-refractivity contribution in [1.29, 1.82) is 0 Å². The normalized spacial score (nSPS) is 15.9. The standard InChI is InChI=1S/C19H17N3O5/c1-10-7-15(21-27-10)22-9-14(19(24)25)17-18(22)13(8-16(23)20-17)11-3-5-12(26-2)6-4-11/h3-7,9,13H,8H2,1-2H3,(H,20,23)(H,24,25)/t13-/m0/s1. The lowest BCUT2D eigenvalue weighted by Gasteiger charge is -2.25. The zero-order chi connectivity index (χ0) is 19.1. The van der Waals surface area contributed by atoms with Gasteiger partial charge in [0.25, 0.3) is 0 Å². The summed E-state index contributed by atoms with van der Waals surface area (Å²) in [5, 5.41) is 16.3. The first-order chi connectivity index (χ1) is 13.0. The molecule has 0 saturated heterocycles. The first kappa shape index (κ1) is 16.9. The van der Waals surface area contributed by atoms with Crippen LogP contribution in [-0.4, -0.2) is 33.8 Å². The van der Waals surface area contributed by atoms with E-state index in [0.717, 1.165) is 5.56 Å². The van der Waals surface area contributed by atoms with E-state index in [0.29, 0.717) is 28.7 Å². The summed E-state index contributed by atoms with van der Waals surface area (Å²) < 4.78 is 12.0. The minimum Gasteiger partial charge on any atom is -0.497 e. The summed E-state index contributed by atoms with van der Waals surface area (Å²) in [6.45, 7) is 1.76. The van der Waals surface area contributed by atoms with Crippen LogP contribution in [0.4, 0.5) is 5.69 Å². The van der Waals surface area contributed by atoms with Crippen molar-refractivity contribution in [2.45, 2.75) is 19.3 Å². The molecule has 0 bridgehead atoms. The van der Waals surface area contributed by atoms with Crippen LogP contribution in [0, 0.1) is 6.92 Å². The van der Waals surface area contributed by atoms with Crippen LogP contribution >= 0.6 is 0 Å². The molecule has 3 heterocycles. The molecule has 1 aliphatic rings. The van der Waals surface area contributed by atoms with Gasteiger partial charge in [0, 0.05) is 24.6 Å². The Morgan fingerprint density at radius 2 is 2.11 bits per heavy atom. The highest BCUT2D eigenvalue weighted by molar-refractivity contribution is 6.04. The minimum absolute atomic E-state index is 0.0113. The number of aromatic carboxylic acids is 1. The van der Waals surface area contributed by atoms with Crippen molar-refractivity contribution < 1.29 is 24.0 Å². The van der Waals surface area contributed by atoms with E-state index >= 15 is 0 Å². The Hall–Kier alpha value is -3.55. The van der Waals surface area contributed by atoms with Crippen molar-refractivity contribution >= 4 is 17.6 Å². The van der Waals surface area contributed by atoms with Crippen LogP contribution in [0.3, 0.4) is 0 Å². The summed E-state index contributed by atoms with van der Waals surface area (Å²) in [7, 11) is 1.58. The Morgan fingerprint density at radius 1 is 1.37 bits per heavy atom. The smallest absolute Gasteiger partial charge is 0.339 e. The fraction of sp³-hybridized carbons (Fsp3) is 0.211. The molecule has 27 heavy (non-hydrogen) atoms. The molecule has 3 aromatic rings. The van der Waals surface area contributed by atoms with Crippen molar-refractivity contribution in [2.24, 2.45) is 0 Å². The highest BCUT2D eigenvalue weighted by atomic mass is 16.5. The number of carboxylic acid groups (broad SMARTS) is 1. The number of carbonyl (C=O) groups excluding carboxylic acids is 1. The summed E-state index contributed by atoms with van der Waals surface area (Å²) in [5.74, 6) is 0.0783. The van der Waals surface area contributed by atoms with E-state index in [1.807, 2.05) is 24.3 Å². The number of nitrogens with zero attached hydrogens (tertiary/aromatic N) is 2. The zero-order valence-electron chi connectivity index (χ0n) is 14.7. The molecule has 0 unspecified atom stereocenters. The topological polar surface area (TPSA) is 107 Å². The molecule has 8 nitrogen and oxygen atoms in total. The highest BCUT2D eigenvalue weighted by Crippen LogP contribution is 2.41. The molecule has 0 saturated carbocycles. The summed E-state index contributed by atoms with van der Waals surface area (Å²) >= 11 is 0. The van der Waals surface area contributed by atoms with Crippen molar-refractivity contribution in [3.8, 4) is 11.6 Å². The van der Waals surface area contributed by atoms with Crippen molar-refractivity contribution in [3.05, 3.63) is 59.1 Å². The lowest BCUT2D eigenvalue weighted by molar-refractivity contribution is -0.116. The fourth-order valence-electron chi connectivity index (χ4n) is 3.40. The maximum atomic E-state index is 12.3. The van der Waals surface area contributed by atoms with Gasteiger partial charge in [0.15, 0.2) is 5.82 Å². The molecule has 1 amide bonds. The Bertz CT molecular complexity index is 1030. The number of carbonyl (C=O) groups is 2. The van der Waals surface area contributed by atoms with Gasteiger partial charge in [-0.2, -0.15) is 0 Å². The van der Waals surface area contributed by atoms with Gasteiger partial charge in [0.05, 0.1) is 18.5 Å². The number of anilines is 1. The van der Waals surface area contributed by atoms with Crippen LogP contribution in [0.15, 0.2) is 41.1 Å².